The minimum absolute atomic E-state index is 0.309. The third kappa shape index (κ3) is 8.31. The van der Waals surface area contributed by atoms with Gasteiger partial charge in [-0.25, -0.2) is 0 Å². The summed E-state index contributed by atoms with van der Waals surface area (Å²) in [5, 5.41) is 3.45. The van der Waals surface area contributed by atoms with E-state index in [1.807, 2.05) is 6.07 Å². The first-order valence-corrected chi connectivity index (χ1v) is 9.52. The van der Waals surface area contributed by atoms with E-state index in [0.717, 1.165) is 30.6 Å². The maximum Gasteiger partial charge on any atom is 0.163 e. The van der Waals surface area contributed by atoms with Crippen molar-refractivity contribution in [3.63, 3.8) is 0 Å². The summed E-state index contributed by atoms with van der Waals surface area (Å²) in [7, 11) is 0. The first kappa shape index (κ1) is 19.9. The molecule has 1 aromatic rings. The minimum Gasteiger partial charge on any atom is -0.313 e. The van der Waals surface area contributed by atoms with Crippen molar-refractivity contribution >= 4 is 5.78 Å². The summed E-state index contributed by atoms with van der Waals surface area (Å²) in [4.78, 5) is 12.3. The Kier molecular flexibility index (Phi) is 10.6. The van der Waals surface area contributed by atoms with Crippen LogP contribution in [0.15, 0.2) is 18.2 Å². The van der Waals surface area contributed by atoms with Crippen molar-refractivity contribution in [3.8, 4) is 0 Å². The molecule has 1 rings (SSSR count). The average Bonchev–Trinajstić information content (AvgIpc) is 2.55. The number of hydrogen-bond donors (Lipinski definition) is 1. The van der Waals surface area contributed by atoms with Gasteiger partial charge in [0.2, 0.25) is 0 Å². The molecule has 23 heavy (non-hydrogen) atoms. The second kappa shape index (κ2) is 12.3. The van der Waals surface area contributed by atoms with E-state index >= 15 is 0 Å². The average molecular weight is 318 g/mol. The van der Waals surface area contributed by atoms with Crippen LogP contribution in [-0.4, -0.2) is 12.3 Å². The van der Waals surface area contributed by atoms with Crippen LogP contribution in [-0.2, 0) is 6.54 Å². The second-order valence-electron chi connectivity index (χ2n) is 6.62. The zero-order valence-corrected chi connectivity index (χ0v) is 15.4. The van der Waals surface area contributed by atoms with Crippen molar-refractivity contribution in [2.24, 2.45) is 0 Å². The molecule has 0 unspecified atom stereocenters. The monoisotopic (exact) mass is 317 g/mol. The predicted molar refractivity (Wildman–Crippen MR) is 100 cm³/mol. The van der Waals surface area contributed by atoms with Crippen LogP contribution in [0.25, 0.3) is 0 Å². The predicted octanol–water partition coefficient (Wildman–Crippen LogP) is 5.82. The van der Waals surface area contributed by atoms with Gasteiger partial charge in [0.05, 0.1) is 0 Å². The van der Waals surface area contributed by atoms with Gasteiger partial charge in [0, 0.05) is 18.5 Å². The summed E-state index contributed by atoms with van der Waals surface area (Å²) in [6.07, 6.45) is 10.5. The summed E-state index contributed by atoms with van der Waals surface area (Å²) < 4.78 is 0. The van der Waals surface area contributed by atoms with E-state index in [1.165, 1.54) is 50.5 Å². The van der Waals surface area contributed by atoms with Gasteiger partial charge in [-0.15, -0.1) is 0 Å². The molecule has 0 radical (unpaired) electrons. The Labute approximate surface area is 143 Å². The number of hydrogen-bond acceptors (Lipinski definition) is 2. The Morgan fingerprint density at radius 3 is 2.35 bits per heavy atom. The molecular formula is C21H35NO. The number of carbonyl (C=O) groups excluding carboxylic acids is 1. The van der Waals surface area contributed by atoms with E-state index in [9.17, 15) is 4.79 Å². The smallest absolute Gasteiger partial charge is 0.163 e. The van der Waals surface area contributed by atoms with Gasteiger partial charge in [-0.05, 0) is 37.4 Å². The van der Waals surface area contributed by atoms with E-state index in [4.69, 9.17) is 0 Å². The van der Waals surface area contributed by atoms with Crippen LogP contribution < -0.4 is 5.32 Å². The molecule has 130 valence electrons. The lowest BCUT2D eigenvalue weighted by atomic mass is 9.98. The quantitative estimate of drug-likeness (QED) is 0.367. The van der Waals surface area contributed by atoms with E-state index < -0.39 is 0 Å². The first-order chi connectivity index (χ1) is 11.2. The number of nitrogens with one attached hydrogen (secondary N) is 1. The van der Waals surface area contributed by atoms with Crippen molar-refractivity contribution < 1.29 is 4.79 Å². The molecule has 1 N–H and O–H groups in total. The molecule has 2 heteroatoms. The van der Waals surface area contributed by atoms with Gasteiger partial charge >= 0.3 is 0 Å². The molecule has 0 atom stereocenters. The number of unbranched alkanes of at least 4 members (excludes halogenated alkanes) is 6. The molecule has 1 aromatic carbocycles. The molecule has 0 bridgehead atoms. The molecule has 0 saturated carbocycles. The van der Waals surface area contributed by atoms with Crippen LogP contribution in [0, 0.1) is 6.92 Å². The highest BCUT2D eigenvalue weighted by atomic mass is 16.1. The Bertz CT molecular complexity index is 453. The highest BCUT2D eigenvalue weighted by molar-refractivity contribution is 5.97. The van der Waals surface area contributed by atoms with Crippen molar-refractivity contribution in [3.05, 3.63) is 34.9 Å². The number of rotatable bonds is 13. The second-order valence-corrected chi connectivity index (χ2v) is 6.62. The van der Waals surface area contributed by atoms with Gasteiger partial charge in [-0.1, -0.05) is 70.6 Å². The minimum atomic E-state index is 0.309. The molecule has 0 aromatic heterocycles. The SMILES string of the molecule is CCCCCCCCC(=O)c1ccc(CNCCCC)cc1C. The molecule has 0 spiro atoms. The lowest BCUT2D eigenvalue weighted by molar-refractivity contribution is 0.0978. The zero-order chi connectivity index (χ0) is 16.9. The first-order valence-electron chi connectivity index (χ1n) is 9.52. The standard InChI is InChI=1S/C21H35NO/c1-4-6-8-9-10-11-12-21(23)20-14-13-19(16-18(20)3)17-22-15-7-5-2/h13-14,16,22H,4-12,15,17H2,1-3H3. The fourth-order valence-electron chi connectivity index (χ4n) is 2.88. The van der Waals surface area contributed by atoms with Gasteiger partial charge < -0.3 is 5.32 Å². The number of carbonyl (C=O) groups is 1. The molecule has 0 heterocycles. The molecule has 0 amide bonds. The lowest BCUT2D eigenvalue weighted by Gasteiger charge is -2.09. The van der Waals surface area contributed by atoms with Crippen molar-refractivity contribution in [1.29, 1.82) is 0 Å². The fraction of sp³-hybridized carbons (Fsp3) is 0.667. The van der Waals surface area contributed by atoms with Crippen molar-refractivity contribution in [2.75, 3.05) is 6.54 Å². The number of ketones is 1. The zero-order valence-electron chi connectivity index (χ0n) is 15.4. The molecule has 0 aliphatic heterocycles. The van der Waals surface area contributed by atoms with Crippen LogP contribution in [0.4, 0.5) is 0 Å². The largest absolute Gasteiger partial charge is 0.313 e. The highest BCUT2D eigenvalue weighted by Gasteiger charge is 2.09. The fourth-order valence-corrected chi connectivity index (χ4v) is 2.88. The Balaban J connectivity index is 2.36. The van der Waals surface area contributed by atoms with Crippen molar-refractivity contribution in [2.45, 2.75) is 85.1 Å². The molecule has 0 aliphatic rings. The Morgan fingerprint density at radius 1 is 0.957 bits per heavy atom. The summed E-state index contributed by atoms with van der Waals surface area (Å²) in [5.74, 6) is 0.309. The highest BCUT2D eigenvalue weighted by Crippen LogP contribution is 2.16. The summed E-state index contributed by atoms with van der Waals surface area (Å²) in [6, 6.07) is 6.28. The Hall–Kier alpha value is -1.15. The van der Waals surface area contributed by atoms with Crippen molar-refractivity contribution in [1.82, 2.24) is 5.32 Å². The normalized spacial score (nSPS) is 10.9. The Morgan fingerprint density at radius 2 is 1.65 bits per heavy atom. The summed E-state index contributed by atoms with van der Waals surface area (Å²) in [5.41, 5.74) is 3.31. The number of Topliss-reactive ketones (excluding diaryl/α,β-unsaturated/α-hetero) is 1. The van der Waals surface area contributed by atoms with E-state index in [2.05, 4.69) is 38.2 Å². The summed E-state index contributed by atoms with van der Waals surface area (Å²) >= 11 is 0. The van der Waals surface area contributed by atoms with E-state index in [-0.39, 0.29) is 0 Å². The maximum absolute atomic E-state index is 12.3. The van der Waals surface area contributed by atoms with Gasteiger partial charge in [0.25, 0.3) is 0 Å². The van der Waals surface area contributed by atoms with Gasteiger partial charge in [-0.2, -0.15) is 0 Å². The third-order valence-electron chi connectivity index (χ3n) is 4.38. The molecule has 0 aliphatic carbocycles. The number of aryl methyl sites for hydroxylation is 1. The van der Waals surface area contributed by atoms with E-state index in [1.54, 1.807) is 0 Å². The van der Waals surface area contributed by atoms with Crippen LogP contribution in [0.2, 0.25) is 0 Å². The van der Waals surface area contributed by atoms with Crippen LogP contribution in [0.5, 0.6) is 0 Å². The molecule has 0 saturated heterocycles. The van der Waals surface area contributed by atoms with Gasteiger partial charge in [-0.3, -0.25) is 4.79 Å². The maximum atomic E-state index is 12.3. The molecular weight excluding hydrogens is 282 g/mol. The van der Waals surface area contributed by atoms with Crippen LogP contribution in [0.1, 0.15) is 93.1 Å². The topological polar surface area (TPSA) is 29.1 Å². The molecule has 2 nitrogen and oxygen atoms in total. The lowest BCUT2D eigenvalue weighted by Crippen LogP contribution is -2.14. The van der Waals surface area contributed by atoms with Crippen LogP contribution >= 0.6 is 0 Å². The van der Waals surface area contributed by atoms with Gasteiger partial charge in [0.1, 0.15) is 0 Å². The van der Waals surface area contributed by atoms with Gasteiger partial charge in [0.15, 0.2) is 5.78 Å². The summed E-state index contributed by atoms with van der Waals surface area (Å²) in [6.45, 7) is 8.45. The van der Waals surface area contributed by atoms with E-state index in [0.29, 0.717) is 12.2 Å². The number of benzene rings is 1. The molecule has 0 fully saturated rings. The van der Waals surface area contributed by atoms with Crippen LogP contribution in [0.3, 0.4) is 0 Å². The third-order valence-corrected chi connectivity index (χ3v) is 4.38.